The number of fused-ring (bicyclic) bond motifs is 1. The number of carbonyl (C=O) groups is 1. The zero-order chi connectivity index (χ0) is 18.5. The van der Waals surface area contributed by atoms with Crippen LogP contribution in [-0.4, -0.2) is 15.9 Å². The highest BCUT2D eigenvalue weighted by atomic mass is 16.1. The van der Waals surface area contributed by atoms with Gasteiger partial charge in [0.25, 0.3) is 0 Å². The zero-order valence-electron chi connectivity index (χ0n) is 14.2. The molecular formula is C20H17N5O. The minimum atomic E-state index is -0.810. The number of hydrogen-bond donors (Lipinski definition) is 2. The Morgan fingerprint density at radius 1 is 1.19 bits per heavy atom. The maximum Gasteiger partial charge on any atom is 0.238 e. The van der Waals surface area contributed by atoms with E-state index in [1.165, 1.54) is 0 Å². The summed E-state index contributed by atoms with van der Waals surface area (Å²) in [6.07, 6.45) is 0.293. The lowest BCUT2D eigenvalue weighted by atomic mass is 9.98. The van der Waals surface area contributed by atoms with Crippen LogP contribution in [0.15, 0.2) is 48.5 Å². The van der Waals surface area contributed by atoms with Crippen molar-refractivity contribution in [2.45, 2.75) is 19.4 Å². The van der Waals surface area contributed by atoms with Gasteiger partial charge in [0.05, 0.1) is 34.8 Å². The van der Waals surface area contributed by atoms with Gasteiger partial charge in [-0.25, -0.2) is 4.98 Å². The number of carbonyl (C=O) groups excluding carboxylic acids is 1. The minimum Gasteiger partial charge on any atom is -0.345 e. The quantitative estimate of drug-likeness (QED) is 0.743. The molecule has 0 radical (unpaired) electrons. The van der Waals surface area contributed by atoms with Gasteiger partial charge in [0, 0.05) is 0 Å². The van der Waals surface area contributed by atoms with E-state index >= 15 is 0 Å². The zero-order valence-corrected chi connectivity index (χ0v) is 14.2. The van der Waals surface area contributed by atoms with E-state index in [0.717, 1.165) is 16.6 Å². The fourth-order valence-electron chi connectivity index (χ4n) is 2.71. The van der Waals surface area contributed by atoms with Gasteiger partial charge < -0.3 is 10.3 Å². The first-order chi connectivity index (χ1) is 12.6. The maximum atomic E-state index is 12.5. The average molecular weight is 343 g/mol. The second-order valence-electron chi connectivity index (χ2n) is 6.06. The van der Waals surface area contributed by atoms with E-state index in [2.05, 4.69) is 21.4 Å². The lowest BCUT2D eigenvalue weighted by Gasteiger charge is -2.14. The van der Waals surface area contributed by atoms with Crippen molar-refractivity contribution in [1.82, 2.24) is 15.3 Å². The van der Waals surface area contributed by atoms with Gasteiger partial charge in [-0.15, -0.1) is 0 Å². The normalized spacial score (nSPS) is 12.7. The number of benzene rings is 2. The van der Waals surface area contributed by atoms with Crippen molar-refractivity contribution in [1.29, 1.82) is 10.5 Å². The third-order valence-corrected chi connectivity index (χ3v) is 4.17. The second kappa shape index (κ2) is 7.50. The number of nitrogens with one attached hydrogen (secondary N) is 2. The molecule has 1 aromatic heterocycles. The molecule has 1 heterocycles. The number of rotatable bonds is 5. The van der Waals surface area contributed by atoms with E-state index in [-0.39, 0.29) is 11.9 Å². The summed E-state index contributed by atoms with van der Waals surface area (Å²) in [5, 5.41) is 21.0. The van der Waals surface area contributed by atoms with E-state index in [1.807, 2.05) is 37.3 Å². The molecule has 1 amide bonds. The summed E-state index contributed by atoms with van der Waals surface area (Å²) < 4.78 is 0. The summed E-state index contributed by atoms with van der Waals surface area (Å²) in [6, 6.07) is 18.3. The van der Waals surface area contributed by atoms with Gasteiger partial charge in [-0.2, -0.15) is 10.5 Å². The molecule has 6 nitrogen and oxygen atoms in total. The number of H-pyrrole nitrogens is 1. The monoisotopic (exact) mass is 343 g/mol. The van der Waals surface area contributed by atoms with Gasteiger partial charge in [0.1, 0.15) is 11.7 Å². The number of nitrogens with zero attached hydrogens (tertiary/aromatic N) is 3. The van der Waals surface area contributed by atoms with Gasteiger partial charge in [0.15, 0.2) is 0 Å². The van der Waals surface area contributed by atoms with Crippen LogP contribution in [-0.2, 0) is 11.2 Å². The molecule has 3 rings (SSSR count). The number of para-hydroxylation sites is 2. The van der Waals surface area contributed by atoms with Gasteiger partial charge in [-0.1, -0.05) is 24.3 Å². The van der Waals surface area contributed by atoms with Gasteiger partial charge >= 0.3 is 0 Å². The molecule has 0 unspecified atom stereocenters. The first kappa shape index (κ1) is 17.2. The SMILES string of the molecule is C[C@H](NC(=O)[C@@H](C#N)Cc1ccc(C#N)cc1)c1nc2ccccc2[nH]1. The Bertz CT molecular complexity index is 974. The van der Waals surface area contributed by atoms with Crippen LogP contribution in [0.2, 0.25) is 0 Å². The minimum absolute atomic E-state index is 0.293. The third-order valence-electron chi connectivity index (χ3n) is 4.17. The van der Waals surface area contributed by atoms with E-state index in [9.17, 15) is 10.1 Å². The first-order valence-corrected chi connectivity index (χ1v) is 8.24. The van der Waals surface area contributed by atoms with Gasteiger partial charge in [0.2, 0.25) is 5.91 Å². The summed E-state index contributed by atoms with van der Waals surface area (Å²) in [7, 11) is 0. The number of nitriles is 2. The molecule has 2 aromatic carbocycles. The van der Waals surface area contributed by atoms with Crippen LogP contribution in [0.1, 0.15) is 29.9 Å². The van der Waals surface area contributed by atoms with Crippen molar-refractivity contribution >= 4 is 16.9 Å². The highest BCUT2D eigenvalue weighted by Gasteiger charge is 2.22. The van der Waals surface area contributed by atoms with Crippen LogP contribution in [0.5, 0.6) is 0 Å². The Morgan fingerprint density at radius 3 is 2.58 bits per heavy atom. The lowest BCUT2D eigenvalue weighted by Crippen LogP contribution is -2.33. The fraction of sp³-hybridized carbons (Fsp3) is 0.200. The van der Waals surface area contributed by atoms with Gasteiger partial charge in [-0.3, -0.25) is 4.79 Å². The number of aromatic nitrogens is 2. The van der Waals surface area contributed by atoms with Crippen molar-refractivity contribution in [3.63, 3.8) is 0 Å². The molecule has 26 heavy (non-hydrogen) atoms. The summed E-state index contributed by atoms with van der Waals surface area (Å²) in [5.74, 6) is -0.505. The highest BCUT2D eigenvalue weighted by molar-refractivity contribution is 5.82. The van der Waals surface area contributed by atoms with Crippen molar-refractivity contribution in [3.8, 4) is 12.1 Å². The topological polar surface area (TPSA) is 105 Å². The molecule has 0 aliphatic heterocycles. The molecule has 0 saturated carbocycles. The molecule has 0 saturated heterocycles. The second-order valence-corrected chi connectivity index (χ2v) is 6.06. The van der Waals surface area contributed by atoms with Crippen LogP contribution in [0.25, 0.3) is 11.0 Å². The van der Waals surface area contributed by atoms with Crippen LogP contribution in [0, 0.1) is 28.6 Å². The molecule has 0 aliphatic carbocycles. The highest BCUT2D eigenvalue weighted by Crippen LogP contribution is 2.17. The van der Waals surface area contributed by atoms with Crippen LogP contribution in [0.3, 0.4) is 0 Å². The lowest BCUT2D eigenvalue weighted by molar-refractivity contribution is -0.124. The molecule has 6 heteroatoms. The number of hydrogen-bond acceptors (Lipinski definition) is 4. The van der Waals surface area contributed by atoms with Crippen molar-refractivity contribution < 1.29 is 4.79 Å². The van der Waals surface area contributed by atoms with Gasteiger partial charge in [-0.05, 0) is 43.2 Å². The average Bonchev–Trinajstić information content (AvgIpc) is 3.11. The number of imidazole rings is 1. The molecular weight excluding hydrogens is 326 g/mol. The molecule has 2 atom stereocenters. The van der Waals surface area contributed by atoms with E-state index in [4.69, 9.17) is 5.26 Å². The fourth-order valence-corrected chi connectivity index (χ4v) is 2.71. The largest absolute Gasteiger partial charge is 0.345 e. The molecule has 3 aromatic rings. The Kier molecular flexibility index (Phi) is 4.96. The number of aromatic amines is 1. The molecule has 0 aliphatic rings. The predicted octanol–water partition coefficient (Wildman–Crippen LogP) is 2.99. The Morgan fingerprint density at radius 2 is 1.92 bits per heavy atom. The van der Waals surface area contributed by atoms with Crippen molar-refractivity contribution in [3.05, 3.63) is 65.5 Å². The summed E-state index contributed by atoms with van der Waals surface area (Å²) in [4.78, 5) is 20.1. The molecule has 2 N–H and O–H groups in total. The molecule has 128 valence electrons. The number of amides is 1. The van der Waals surface area contributed by atoms with E-state index in [1.54, 1.807) is 24.3 Å². The molecule has 0 bridgehead atoms. The third kappa shape index (κ3) is 3.71. The van der Waals surface area contributed by atoms with E-state index < -0.39 is 5.92 Å². The molecule has 0 fully saturated rings. The summed E-state index contributed by atoms with van der Waals surface area (Å²) in [5.41, 5.74) is 3.11. The van der Waals surface area contributed by atoms with Crippen molar-refractivity contribution in [2.75, 3.05) is 0 Å². The van der Waals surface area contributed by atoms with Crippen LogP contribution < -0.4 is 5.32 Å². The van der Waals surface area contributed by atoms with E-state index in [0.29, 0.717) is 17.8 Å². The van der Waals surface area contributed by atoms with Crippen LogP contribution in [0.4, 0.5) is 0 Å². The summed E-state index contributed by atoms with van der Waals surface area (Å²) in [6.45, 7) is 1.83. The standard InChI is InChI=1S/C20H17N5O/c1-13(19-24-17-4-2-3-5-18(17)25-19)23-20(26)16(12-22)10-14-6-8-15(11-21)9-7-14/h2-9,13,16H,10H2,1H3,(H,23,26)(H,24,25)/t13-,16+/m0/s1. The summed E-state index contributed by atoms with van der Waals surface area (Å²) >= 11 is 0. The van der Waals surface area contributed by atoms with Crippen LogP contribution >= 0.6 is 0 Å². The predicted molar refractivity (Wildman–Crippen MR) is 96.6 cm³/mol. The van der Waals surface area contributed by atoms with Crippen molar-refractivity contribution in [2.24, 2.45) is 5.92 Å². The molecule has 0 spiro atoms. The Labute approximate surface area is 151 Å². The Hall–Kier alpha value is -3.64. The first-order valence-electron chi connectivity index (χ1n) is 8.24. The Balaban J connectivity index is 1.68. The smallest absolute Gasteiger partial charge is 0.238 e. The maximum absolute atomic E-state index is 12.5.